The summed E-state index contributed by atoms with van der Waals surface area (Å²) < 4.78 is 0. The van der Waals surface area contributed by atoms with Crippen LogP contribution in [0.1, 0.15) is 25.7 Å². The van der Waals surface area contributed by atoms with Gasteiger partial charge in [0.2, 0.25) is 0 Å². The minimum Gasteiger partial charge on any atom is -0.366 e. The monoisotopic (exact) mass is 273 g/mol. The third kappa shape index (κ3) is 3.24. The molecule has 5 heteroatoms. The molecule has 1 fully saturated rings. The highest BCUT2D eigenvalue weighted by atomic mass is 35.5. The molecule has 0 saturated heterocycles. The number of rotatable bonds is 3. The first-order valence-corrected chi connectivity index (χ1v) is 6.74. The summed E-state index contributed by atoms with van der Waals surface area (Å²) >= 11 is 11.9. The third-order valence-electron chi connectivity index (χ3n) is 3.34. The van der Waals surface area contributed by atoms with Crippen molar-refractivity contribution < 1.29 is 0 Å². The smallest absolute Gasteiger partial charge is 0.145 e. The van der Waals surface area contributed by atoms with Crippen molar-refractivity contribution in [3.05, 3.63) is 22.3 Å². The summed E-state index contributed by atoms with van der Waals surface area (Å²) in [6.07, 6.45) is 6.42. The molecular formula is C12H17Cl2N3. The van der Waals surface area contributed by atoms with E-state index in [4.69, 9.17) is 28.9 Å². The van der Waals surface area contributed by atoms with Gasteiger partial charge in [-0.25, -0.2) is 4.98 Å². The van der Waals surface area contributed by atoms with Crippen molar-refractivity contribution in [1.82, 2.24) is 4.98 Å². The van der Waals surface area contributed by atoms with Crippen molar-refractivity contribution in [3.8, 4) is 0 Å². The van der Waals surface area contributed by atoms with Gasteiger partial charge in [-0.3, -0.25) is 0 Å². The molecule has 94 valence electrons. The van der Waals surface area contributed by atoms with Crippen molar-refractivity contribution in [2.24, 2.45) is 11.7 Å². The maximum Gasteiger partial charge on any atom is 0.145 e. The SMILES string of the molecule is NCC1CCCCC1Nc1ncc(Cl)cc1Cl. The molecule has 1 aromatic heterocycles. The molecule has 1 aliphatic rings. The van der Waals surface area contributed by atoms with E-state index in [1.54, 1.807) is 12.3 Å². The molecule has 0 aliphatic heterocycles. The lowest BCUT2D eigenvalue weighted by Crippen LogP contribution is -2.37. The van der Waals surface area contributed by atoms with Gasteiger partial charge < -0.3 is 11.1 Å². The molecule has 1 heterocycles. The van der Waals surface area contributed by atoms with Gasteiger partial charge in [-0.05, 0) is 31.4 Å². The largest absolute Gasteiger partial charge is 0.366 e. The Labute approximate surface area is 112 Å². The molecule has 1 aliphatic carbocycles. The number of nitrogens with zero attached hydrogens (tertiary/aromatic N) is 1. The number of nitrogens with two attached hydrogens (primary N) is 1. The maximum absolute atomic E-state index is 6.10. The predicted molar refractivity (Wildman–Crippen MR) is 72.7 cm³/mol. The molecule has 0 aromatic carbocycles. The van der Waals surface area contributed by atoms with Gasteiger partial charge in [0, 0.05) is 12.2 Å². The fourth-order valence-electron chi connectivity index (χ4n) is 2.38. The van der Waals surface area contributed by atoms with E-state index in [9.17, 15) is 0 Å². The Hall–Kier alpha value is -0.510. The number of anilines is 1. The zero-order chi connectivity index (χ0) is 12.3. The van der Waals surface area contributed by atoms with Crippen LogP contribution in [0.5, 0.6) is 0 Å². The summed E-state index contributed by atoms with van der Waals surface area (Å²) in [6, 6.07) is 2.08. The second-order valence-electron chi connectivity index (χ2n) is 4.52. The average Bonchev–Trinajstić information content (AvgIpc) is 2.33. The summed E-state index contributed by atoms with van der Waals surface area (Å²) in [5, 5.41) is 4.52. The van der Waals surface area contributed by atoms with Crippen LogP contribution >= 0.6 is 23.2 Å². The molecule has 2 rings (SSSR count). The second-order valence-corrected chi connectivity index (χ2v) is 5.36. The van der Waals surface area contributed by atoms with Crippen LogP contribution in [-0.4, -0.2) is 17.6 Å². The topological polar surface area (TPSA) is 50.9 Å². The van der Waals surface area contributed by atoms with Crippen LogP contribution in [0.2, 0.25) is 10.0 Å². The fourth-order valence-corrected chi connectivity index (χ4v) is 2.81. The molecule has 17 heavy (non-hydrogen) atoms. The summed E-state index contributed by atoms with van der Waals surface area (Å²) in [5.41, 5.74) is 5.79. The van der Waals surface area contributed by atoms with Gasteiger partial charge in [-0.15, -0.1) is 0 Å². The number of nitrogens with one attached hydrogen (secondary N) is 1. The molecule has 0 amide bonds. The van der Waals surface area contributed by atoms with Crippen LogP contribution in [0.15, 0.2) is 12.3 Å². The fraction of sp³-hybridized carbons (Fsp3) is 0.583. The molecule has 0 bridgehead atoms. The van der Waals surface area contributed by atoms with E-state index in [1.165, 1.54) is 19.3 Å². The molecule has 2 atom stereocenters. The zero-order valence-electron chi connectivity index (χ0n) is 9.63. The number of pyridine rings is 1. The minimum absolute atomic E-state index is 0.375. The van der Waals surface area contributed by atoms with Crippen molar-refractivity contribution in [2.75, 3.05) is 11.9 Å². The number of halogens is 2. The van der Waals surface area contributed by atoms with E-state index >= 15 is 0 Å². The standard InChI is InChI=1S/C12H17Cl2N3/c13-9-5-10(14)12(16-7-9)17-11-4-2-1-3-8(11)6-15/h5,7-8,11H,1-4,6,15H2,(H,16,17). The Morgan fingerprint density at radius 2 is 2.12 bits per heavy atom. The third-order valence-corrected chi connectivity index (χ3v) is 3.84. The maximum atomic E-state index is 6.10. The molecule has 1 aromatic rings. The first-order chi connectivity index (χ1) is 8.20. The van der Waals surface area contributed by atoms with E-state index in [-0.39, 0.29) is 0 Å². The van der Waals surface area contributed by atoms with Gasteiger partial charge in [-0.1, -0.05) is 36.0 Å². The van der Waals surface area contributed by atoms with Gasteiger partial charge >= 0.3 is 0 Å². The predicted octanol–water partition coefficient (Wildman–Crippen LogP) is 3.32. The van der Waals surface area contributed by atoms with Crippen molar-refractivity contribution in [2.45, 2.75) is 31.7 Å². The Kier molecular flexibility index (Phi) is 4.48. The molecule has 0 radical (unpaired) electrons. The Morgan fingerprint density at radius 1 is 1.35 bits per heavy atom. The van der Waals surface area contributed by atoms with Gasteiger partial charge in [-0.2, -0.15) is 0 Å². The first kappa shape index (κ1) is 12.9. The molecule has 3 nitrogen and oxygen atoms in total. The molecular weight excluding hydrogens is 257 g/mol. The van der Waals surface area contributed by atoms with Gasteiger partial charge in [0.25, 0.3) is 0 Å². The average molecular weight is 274 g/mol. The van der Waals surface area contributed by atoms with Crippen molar-refractivity contribution in [1.29, 1.82) is 0 Å². The number of aromatic nitrogens is 1. The van der Waals surface area contributed by atoms with Crippen LogP contribution < -0.4 is 11.1 Å². The highest BCUT2D eigenvalue weighted by Gasteiger charge is 2.24. The summed E-state index contributed by atoms with van der Waals surface area (Å²) in [5.74, 6) is 1.22. The molecule has 0 spiro atoms. The second kappa shape index (κ2) is 5.89. The van der Waals surface area contributed by atoms with Crippen LogP contribution in [0.25, 0.3) is 0 Å². The Balaban J connectivity index is 2.08. The summed E-state index contributed by atoms with van der Waals surface area (Å²) in [6.45, 7) is 0.711. The van der Waals surface area contributed by atoms with E-state index in [0.29, 0.717) is 34.4 Å². The zero-order valence-corrected chi connectivity index (χ0v) is 11.1. The van der Waals surface area contributed by atoms with E-state index in [1.807, 2.05) is 0 Å². The molecule has 2 unspecified atom stereocenters. The minimum atomic E-state index is 0.375. The van der Waals surface area contributed by atoms with Gasteiger partial charge in [0.15, 0.2) is 0 Å². The van der Waals surface area contributed by atoms with Crippen LogP contribution in [0, 0.1) is 5.92 Å². The Bertz CT molecular complexity index is 384. The van der Waals surface area contributed by atoms with Gasteiger partial charge in [0.05, 0.1) is 10.0 Å². The normalized spacial score (nSPS) is 24.6. The highest BCUT2D eigenvalue weighted by molar-refractivity contribution is 6.35. The number of hydrogen-bond acceptors (Lipinski definition) is 3. The van der Waals surface area contributed by atoms with Gasteiger partial charge in [0.1, 0.15) is 5.82 Å². The van der Waals surface area contributed by atoms with E-state index in [0.717, 1.165) is 6.42 Å². The van der Waals surface area contributed by atoms with E-state index < -0.39 is 0 Å². The first-order valence-electron chi connectivity index (χ1n) is 5.98. The lowest BCUT2D eigenvalue weighted by Gasteiger charge is -2.31. The van der Waals surface area contributed by atoms with Crippen molar-refractivity contribution in [3.63, 3.8) is 0 Å². The Morgan fingerprint density at radius 3 is 2.82 bits per heavy atom. The molecule has 3 N–H and O–H groups in total. The van der Waals surface area contributed by atoms with Crippen molar-refractivity contribution >= 4 is 29.0 Å². The summed E-state index contributed by atoms with van der Waals surface area (Å²) in [4.78, 5) is 4.22. The lowest BCUT2D eigenvalue weighted by atomic mass is 9.84. The highest BCUT2D eigenvalue weighted by Crippen LogP contribution is 2.29. The van der Waals surface area contributed by atoms with Crippen LogP contribution in [-0.2, 0) is 0 Å². The van der Waals surface area contributed by atoms with Crippen LogP contribution in [0.4, 0.5) is 5.82 Å². The molecule has 1 saturated carbocycles. The lowest BCUT2D eigenvalue weighted by molar-refractivity contribution is 0.332. The number of hydrogen-bond donors (Lipinski definition) is 2. The quantitative estimate of drug-likeness (QED) is 0.889. The summed E-state index contributed by atoms with van der Waals surface area (Å²) in [7, 11) is 0. The van der Waals surface area contributed by atoms with E-state index in [2.05, 4.69) is 10.3 Å². The van der Waals surface area contributed by atoms with Crippen LogP contribution in [0.3, 0.4) is 0 Å².